The second kappa shape index (κ2) is 10.9. The molecule has 1 N–H and O–H groups in total. The minimum Gasteiger partial charge on any atom is -0.443 e. The fraction of sp³-hybridized carbons (Fsp3) is 0.654. The summed E-state index contributed by atoms with van der Waals surface area (Å²) in [5.74, 6) is 1.36. The fourth-order valence-electron chi connectivity index (χ4n) is 5.77. The van der Waals surface area contributed by atoms with Gasteiger partial charge in [0.2, 0.25) is 0 Å². The van der Waals surface area contributed by atoms with E-state index in [1.54, 1.807) is 4.90 Å². The van der Waals surface area contributed by atoms with Crippen molar-refractivity contribution < 1.29 is 23.0 Å². The number of halogens is 2. The van der Waals surface area contributed by atoms with Crippen molar-refractivity contribution in [3.05, 3.63) is 48.3 Å². The molecule has 1 amide bonds. The number of alkyl halides is 2. The lowest BCUT2D eigenvalue weighted by Gasteiger charge is -2.54. The van der Waals surface area contributed by atoms with E-state index in [0.717, 1.165) is 57.3 Å². The number of ether oxygens (including phenoxy) is 2. The van der Waals surface area contributed by atoms with Crippen LogP contribution in [0.15, 0.2) is 42.7 Å². The van der Waals surface area contributed by atoms with Crippen LogP contribution in [0.1, 0.15) is 56.4 Å². The highest BCUT2D eigenvalue weighted by molar-refractivity contribution is 5.68. The molecule has 34 heavy (non-hydrogen) atoms. The van der Waals surface area contributed by atoms with Crippen LogP contribution < -0.4 is 5.32 Å². The maximum absolute atomic E-state index is 12.8. The zero-order chi connectivity index (χ0) is 24.1. The Balaban J connectivity index is 1.42. The summed E-state index contributed by atoms with van der Waals surface area (Å²) in [6.07, 6.45) is 3.30. The second-order valence-corrected chi connectivity index (χ2v) is 9.90. The second-order valence-electron chi connectivity index (χ2n) is 9.90. The first-order chi connectivity index (χ1) is 16.4. The monoisotopic (exact) mass is 477 g/mol. The summed E-state index contributed by atoms with van der Waals surface area (Å²) in [6, 6.07) is 10.3. The molecular formula is C26H37F2N3O3. The smallest absolute Gasteiger partial charge is 0.410 e. The van der Waals surface area contributed by atoms with Crippen molar-refractivity contribution in [2.75, 3.05) is 33.4 Å². The van der Waals surface area contributed by atoms with Crippen LogP contribution in [0, 0.1) is 0 Å². The first-order valence-corrected chi connectivity index (χ1v) is 12.4. The van der Waals surface area contributed by atoms with Crippen molar-refractivity contribution in [1.29, 1.82) is 0 Å². The molecule has 6 nitrogen and oxygen atoms in total. The Labute approximate surface area is 201 Å². The van der Waals surface area contributed by atoms with E-state index in [0.29, 0.717) is 19.1 Å². The van der Waals surface area contributed by atoms with Gasteiger partial charge in [0.15, 0.2) is 6.61 Å². The molecule has 2 unspecified atom stereocenters. The Kier molecular flexibility index (Phi) is 7.96. The number of hydrogen-bond acceptors (Lipinski definition) is 5. The summed E-state index contributed by atoms with van der Waals surface area (Å²) in [6.45, 7) is 4.89. The predicted molar refractivity (Wildman–Crippen MR) is 127 cm³/mol. The highest BCUT2D eigenvalue weighted by Gasteiger charge is 2.49. The van der Waals surface area contributed by atoms with Gasteiger partial charge in [0.25, 0.3) is 6.43 Å². The van der Waals surface area contributed by atoms with Crippen molar-refractivity contribution in [2.24, 2.45) is 0 Å². The van der Waals surface area contributed by atoms with Gasteiger partial charge in [0.05, 0.1) is 30.1 Å². The highest BCUT2D eigenvalue weighted by Crippen LogP contribution is 2.38. The quantitative estimate of drug-likeness (QED) is 0.642. The molecule has 1 aliphatic carbocycles. The van der Waals surface area contributed by atoms with Gasteiger partial charge in [-0.05, 0) is 56.4 Å². The minimum atomic E-state index is -2.68. The van der Waals surface area contributed by atoms with Crippen LogP contribution in [-0.2, 0) is 9.47 Å². The van der Waals surface area contributed by atoms with Gasteiger partial charge in [0, 0.05) is 20.1 Å². The van der Waals surface area contributed by atoms with E-state index >= 15 is 0 Å². The molecule has 1 aromatic carbocycles. The molecule has 2 aliphatic heterocycles. The van der Waals surface area contributed by atoms with E-state index in [2.05, 4.69) is 41.1 Å². The summed E-state index contributed by atoms with van der Waals surface area (Å²) in [4.78, 5) is 16.5. The molecule has 1 spiro atoms. The Bertz CT molecular complexity index is 832. The number of rotatable bonds is 6. The van der Waals surface area contributed by atoms with Crippen molar-refractivity contribution in [3.63, 3.8) is 0 Å². The zero-order valence-corrected chi connectivity index (χ0v) is 20.1. The third kappa shape index (κ3) is 5.65. The summed E-state index contributed by atoms with van der Waals surface area (Å²) in [5.41, 5.74) is 0.988. The third-order valence-corrected chi connectivity index (χ3v) is 7.79. The topological polar surface area (TPSA) is 54.0 Å². The molecule has 2 heterocycles. The van der Waals surface area contributed by atoms with E-state index in [4.69, 9.17) is 9.47 Å². The van der Waals surface area contributed by atoms with Crippen molar-refractivity contribution >= 4 is 6.09 Å². The zero-order valence-electron chi connectivity index (χ0n) is 20.1. The van der Waals surface area contributed by atoms with Crippen LogP contribution in [0.2, 0.25) is 0 Å². The van der Waals surface area contributed by atoms with Crippen molar-refractivity contribution in [1.82, 2.24) is 15.1 Å². The third-order valence-electron chi connectivity index (χ3n) is 7.79. The average molecular weight is 478 g/mol. The standard InChI is InChI=1S/C26H37F2N3O3/c1-19-29-26(14-16-30(19)2)13-6-15-31(25(32)34-18-24(27)28)23(26)17-33-22-11-9-21(10-12-22)20-7-4-3-5-8-20/h3-5,7-8,21-24,29H,1,6,9-18H2,2H3. The molecule has 3 aliphatic rings. The Hall–Kier alpha value is -2.35. The molecular weight excluding hydrogens is 440 g/mol. The molecule has 1 aromatic rings. The maximum Gasteiger partial charge on any atom is 0.410 e. The summed E-state index contributed by atoms with van der Waals surface area (Å²) in [5, 5.41) is 3.55. The molecule has 0 bridgehead atoms. The van der Waals surface area contributed by atoms with Crippen LogP contribution >= 0.6 is 0 Å². The number of likely N-dealkylation sites (tertiary alicyclic amines) is 1. The number of carbonyl (C=O) groups excluding carboxylic acids is 1. The van der Waals surface area contributed by atoms with Gasteiger partial charge in [-0.3, -0.25) is 0 Å². The van der Waals surface area contributed by atoms with Crippen LogP contribution in [0.5, 0.6) is 0 Å². The number of hydrogen-bond donors (Lipinski definition) is 1. The number of piperidine rings is 1. The fourth-order valence-corrected chi connectivity index (χ4v) is 5.77. The molecule has 188 valence electrons. The molecule has 2 saturated heterocycles. The van der Waals surface area contributed by atoms with Crippen LogP contribution in [0.3, 0.4) is 0 Å². The van der Waals surface area contributed by atoms with Gasteiger partial charge >= 0.3 is 6.09 Å². The van der Waals surface area contributed by atoms with E-state index in [1.807, 2.05) is 13.1 Å². The van der Waals surface area contributed by atoms with Crippen LogP contribution in [0.25, 0.3) is 0 Å². The van der Waals surface area contributed by atoms with Gasteiger partial charge in [-0.2, -0.15) is 0 Å². The average Bonchev–Trinajstić information content (AvgIpc) is 2.85. The number of carbonyl (C=O) groups is 1. The van der Waals surface area contributed by atoms with Crippen molar-refractivity contribution in [2.45, 2.75) is 75.0 Å². The lowest BCUT2D eigenvalue weighted by molar-refractivity contribution is -0.0608. The summed E-state index contributed by atoms with van der Waals surface area (Å²) in [7, 11) is 1.98. The SMILES string of the molecule is C=C1NC2(CCCN(C(=O)OCC(F)F)C2COC2CCC(c3ccccc3)CC2)CCN1C. The molecule has 0 radical (unpaired) electrons. The van der Waals surface area contributed by atoms with Gasteiger partial charge in [-0.15, -0.1) is 0 Å². The number of nitrogens with one attached hydrogen (secondary N) is 1. The largest absolute Gasteiger partial charge is 0.443 e. The van der Waals surface area contributed by atoms with Crippen LogP contribution in [-0.4, -0.2) is 73.4 Å². The number of nitrogens with zero attached hydrogens (tertiary/aromatic N) is 2. The summed E-state index contributed by atoms with van der Waals surface area (Å²) < 4.78 is 36.7. The highest BCUT2D eigenvalue weighted by atomic mass is 19.3. The molecule has 8 heteroatoms. The maximum atomic E-state index is 12.8. The lowest BCUT2D eigenvalue weighted by Crippen LogP contribution is -2.69. The first kappa shape index (κ1) is 24.8. The van der Waals surface area contributed by atoms with Gasteiger partial charge in [-0.25, -0.2) is 13.6 Å². The van der Waals surface area contributed by atoms with E-state index in [9.17, 15) is 13.6 Å². The Morgan fingerprint density at radius 3 is 2.59 bits per heavy atom. The minimum absolute atomic E-state index is 0.132. The predicted octanol–water partition coefficient (Wildman–Crippen LogP) is 4.73. The molecule has 4 rings (SSSR count). The lowest BCUT2D eigenvalue weighted by atomic mass is 9.77. The normalized spacial score (nSPS) is 29.9. The number of benzene rings is 1. The van der Waals surface area contributed by atoms with E-state index in [1.165, 1.54) is 5.56 Å². The Morgan fingerprint density at radius 1 is 1.18 bits per heavy atom. The van der Waals surface area contributed by atoms with Crippen molar-refractivity contribution in [3.8, 4) is 0 Å². The van der Waals surface area contributed by atoms with Gasteiger partial charge < -0.3 is 24.6 Å². The molecule has 0 aromatic heterocycles. The van der Waals surface area contributed by atoms with Gasteiger partial charge in [0.1, 0.15) is 0 Å². The summed E-state index contributed by atoms with van der Waals surface area (Å²) >= 11 is 0. The van der Waals surface area contributed by atoms with Crippen LogP contribution in [0.4, 0.5) is 13.6 Å². The number of amides is 1. The Morgan fingerprint density at radius 2 is 1.91 bits per heavy atom. The molecule has 1 saturated carbocycles. The molecule has 3 fully saturated rings. The molecule has 2 atom stereocenters. The first-order valence-electron chi connectivity index (χ1n) is 12.4. The van der Waals surface area contributed by atoms with Gasteiger partial charge in [-0.1, -0.05) is 36.9 Å². The van der Waals surface area contributed by atoms with E-state index in [-0.39, 0.29) is 12.1 Å². The van der Waals surface area contributed by atoms with E-state index < -0.39 is 24.7 Å².